The van der Waals surface area contributed by atoms with Crippen LogP contribution in [0.3, 0.4) is 0 Å². The Kier molecular flexibility index (Phi) is 7.21. The van der Waals surface area contributed by atoms with Crippen molar-refractivity contribution in [3.8, 4) is 0 Å². The normalized spacial score (nSPS) is 10.3. The molecule has 2 aromatic carbocycles. The molecule has 0 atom stereocenters. The van der Waals surface area contributed by atoms with Gasteiger partial charge in [0.15, 0.2) is 0 Å². The van der Waals surface area contributed by atoms with Gasteiger partial charge in [-0.05, 0) is 55.0 Å². The van der Waals surface area contributed by atoms with Crippen LogP contribution in [0.25, 0.3) is 0 Å². The minimum atomic E-state index is -0.197. The molecule has 26 heavy (non-hydrogen) atoms. The summed E-state index contributed by atoms with van der Waals surface area (Å²) in [6.45, 7) is 2.81. The molecule has 2 amide bonds. The van der Waals surface area contributed by atoms with E-state index in [1.807, 2.05) is 43.3 Å². The minimum Gasteiger partial charge on any atom is -0.378 e. The minimum absolute atomic E-state index is 0.104. The Labute approximate surface area is 155 Å². The third kappa shape index (κ3) is 5.62. The molecule has 2 aromatic rings. The highest BCUT2D eigenvalue weighted by Crippen LogP contribution is 2.16. The Morgan fingerprint density at radius 1 is 0.846 bits per heavy atom. The predicted molar refractivity (Wildman–Crippen MR) is 107 cm³/mol. The number of benzene rings is 2. The fraction of sp³-hybridized carbons (Fsp3) is 0.333. The van der Waals surface area contributed by atoms with Crippen molar-refractivity contribution in [3.05, 3.63) is 59.7 Å². The van der Waals surface area contributed by atoms with E-state index in [-0.39, 0.29) is 11.8 Å². The van der Waals surface area contributed by atoms with Crippen molar-refractivity contribution in [1.29, 1.82) is 0 Å². The third-order valence-electron chi connectivity index (χ3n) is 4.12. The van der Waals surface area contributed by atoms with Gasteiger partial charge in [-0.2, -0.15) is 0 Å². The second kappa shape index (κ2) is 9.61. The summed E-state index contributed by atoms with van der Waals surface area (Å²) < 4.78 is 0. The molecule has 0 aliphatic carbocycles. The molecule has 0 unspecified atom stereocenters. The lowest BCUT2D eigenvalue weighted by Crippen LogP contribution is -2.24. The number of rotatable bonds is 8. The topological polar surface area (TPSA) is 61.4 Å². The monoisotopic (exact) mass is 353 g/mol. The second-order valence-electron chi connectivity index (χ2n) is 6.44. The van der Waals surface area contributed by atoms with Crippen LogP contribution in [-0.4, -0.2) is 32.5 Å². The Hall–Kier alpha value is -2.82. The zero-order valence-corrected chi connectivity index (χ0v) is 15.7. The predicted octanol–water partition coefficient (Wildman–Crippen LogP) is 3.92. The average molecular weight is 353 g/mol. The Balaban J connectivity index is 1.92. The Morgan fingerprint density at radius 2 is 1.42 bits per heavy atom. The molecule has 0 saturated carbocycles. The van der Waals surface area contributed by atoms with Gasteiger partial charge >= 0.3 is 0 Å². The molecule has 5 heteroatoms. The van der Waals surface area contributed by atoms with E-state index in [2.05, 4.69) is 17.6 Å². The van der Waals surface area contributed by atoms with Gasteiger partial charge in [0.05, 0.1) is 0 Å². The van der Waals surface area contributed by atoms with E-state index in [1.165, 1.54) is 0 Å². The van der Waals surface area contributed by atoms with Crippen LogP contribution in [-0.2, 0) is 0 Å². The van der Waals surface area contributed by atoms with E-state index in [4.69, 9.17) is 0 Å². The Bertz CT molecular complexity index is 722. The lowest BCUT2D eigenvalue weighted by Gasteiger charge is -2.13. The highest BCUT2D eigenvalue weighted by Gasteiger charge is 2.09. The van der Waals surface area contributed by atoms with Crippen molar-refractivity contribution >= 4 is 23.2 Å². The molecule has 0 fully saturated rings. The molecular weight excluding hydrogens is 326 g/mol. The van der Waals surface area contributed by atoms with Crippen LogP contribution in [0.5, 0.6) is 0 Å². The molecule has 0 saturated heterocycles. The number of unbranched alkanes of at least 4 members (excludes halogenated alkanes) is 2. The fourth-order valence-corrected chi connectivity index (χ4v) is 2.50. The SMILES string of the molecule is CCCCCNC(=O)c1ccc(C(=O)Nc2ccc(N(C)C)cc2)cc1. The molecule has 0 bridgehead atoms. The van der Waals surface area contributed by atoms with Gasteiger partial charge in [0.1, 0.15) is 0 Å². The Morgan fingerprint density at radius 3 is 1.96 bits per heavy atom. The first kappa shape index (κ1) is 19.5. The van der Waals surface area contributed by atoms with Gasteiger partial charge in [0.2, 0.25) is 0 Å². The summed E-state index contributed by atoms with van der Waals surface area (Å²) in [5.74, 6) is -0.301. The van der Waals surface area contributed by atoms with Crippen molar-refractivity contribution in [3.63, 3.8) is 0 Å². The van der Waals surface area contributed by atoms with E-state index in [1.54, 1.807) is 24.3 Å². The zero-order valence-electron chi connectivity index (χ0n) is 15.7. The van der Waals surface area contributed by atoms with Gasteiger partial charge < -0.3 is 15.5 Å². The molecule has 2 N–H and O–H groups in total. The van der Waals surface area contributed by atoms with Crippen molar-refractivity contribution in [2.75, 3.05) is 30.9 Å². The van der Waals surface area contributed by atoms with Gasteiger partial charge in [-0.25, -0.2) is 0 Å². The molecule has 0 spiro atoms. The first-order chi connectivity index (χ1) is 12.5. The van der Waals surface area contributed by atoms with E-state index < -0.39 is 0 Å². The van der Waals surface area contributed by atoms with Crippen LogP contribution in [0.15, 0.2) is 48.5 Å². The molecule has 138 valence electrons. The van der Waals surface area contributed by atoms with Crippen molar-refractivity contribution < 1.29 is 9.59 Å². The zero-order chi connectivity index (χ0) is 18.9. The summed E-state index contributed by atoms with van der Waals surface area (Å²) in [5, 5.41) is 5.76. The van der Waals surface area contributed by atoms with Crippen LogP contribution in [0.4, 0.5) is 11.4 Å². The number of carbonyl (C=O) groups excluding carboxylic acids is 2. The number of hydrogen-bond donors (Lipinski definition) is 2. The first-order valence-electron chi connectivity index (χ1n) is 8.98. The molecule has 0 radical (unpaired) electrons. The molecule has 0 aromatic heterocycles. The van der Waals surface area contributed by atoms with Gasteiger partial charge in [-0.3, -0.25) is 9.59 Å². The van der Waals surface area contributed by atoms with Crippen LogP contribution in [0.1, 0.15) is 46.9 Å². The van der Waals surface area contributed by atoms with Crippen molar-refractivity contribution in [2.45, 2.75) is 26.2 Å². The van der Waals surface area contributed by atoms with Crippen LogP contribution in [0.2, 0.25) is 0 Å². The van der Waals surface area contributed by atoms with Crippen molar-refractivity contribution in [2.24, 2.45) is 0 Å². The van der Waals surface area contributed by atoms with Crippen LogP contribution in [0, 0.1) is 0 Å². The molecule has 2 rings (SSSR count). The first-order valence-corrected chi connectivity index (χ1v) is 8.98. The van der Waals surface area contributed by atoms with E-state index >= 15 is 0 Å². The lowest BCUT2D eigenvalue weighted by atomic mass is 10.1. The number of anilines is 2. The molecule has 0 aliphatic rings. The maximum absolute atomic E-state index is 12.3. The maximum Gasteiger partial charge on any atom is 0.255 e. The van der Waals surface area contributed by atoms with Crippen molar-refractivity contribution in [1.82, 2.24) is 5.32 Å². The summed E-state index contributed by atoms with van der Waals surface area (Å²) in [6, 6.07) is 14.3. The summed E-state index contributed by atoms with van der Waals surface area (Å²) in [7, 11) is 3.93. The second-order valence-corrected chi connectivity index (χ2v) is 6.44. The van der Waals surface area contributed by atoms with E-state index in [0.29, 0.717) is 17.7 Å². The fourth-order valence-electron chi connectivity index (χ4n) is 2.50. The quantitative estimate of drug-likeness (QED) is 0.707. The van der Waals surface area contributed by atoms with Crippen LogP contribution >= 0.6 is 0 Å². The molecular formula is C21H27N3O2. The van der Waals surface area contributed by atoms with Gasteiger partial charge in [0, 0.05) is 43.1 Å². The standard InChI is InChI=1S/C21H27N3O2/c1-4-5-6-15-22-20(25)16-7-9-17(10-8-16)21(26)23-18-11-13-19(14-12-18)24(2)3/h7-14H,4-6,15H2,1-3H3,(H,22,25)(H,23,26). The number of nitrogens with one attached hydrogen (secondary N) is 2. The number of hydrogen-bond acceptors (Lipinski definition) is 3. The van der Waals surface area contributed by atoms with Gasteiger partial charge in [0.25, 0.3) is 11.8 Å². The highest BCUT2D eigenvalue weighted by molar-refractivity contribution is 6.05. The molecule has 0 heterocycles. The van der Waals surface area contributed by atoms with E-state index in [0.717, 1.165) is 30.6 Å². The third-order valence-corrected chi connectivity index (χ3v) is 4.12. The lowest BCUT2D eigenvalue weighted by molar-refractivity contribution is 0.0951. The van der Waals surface area contributed by atoms with Gasteiger partial charge in [-0.15, -0.1) is 0 Å². The number of nitrogens with zero attached hydrogens (tertiary/aromatic N) is 1. The smallest absolute Gasteiger partial charge is 0.255 e. The summed E-state index contributed by atoms with van der Waals surface area (Å²) in [6.07, 6.45) is 3.21. The molecule has 0 aliphatic heterocycles. The number of amides is 2. The van der Waals surface area contributed by atoms with Crippen LogP contribution < -0.4 is 15.5 Å². The summed E-state index contributed by atoms with van der Waals surface area (Å²) >= 11 is 0. The largest absolute Gasteiger partial charge is 0.378 e. The maximum atomic E-state index is 12.3. The summed E-state index contributed by atoms with van der Waals surface area (Å²) in [4.78, 5) is 26.4. The highest BCUT2D eigenvalue weighted by atomic mass is 16.2. The number of carbonyl (C=O) groups is 2. The van der Waals surface area contributed by atoms with E-state index in [9.17, 15) is 9.59 Å². The summed E-state index contributed by atoms with van der Waals surface area (Å²) in [5.41, 5.74) is 2.88. The average Bonchev–Trinajstić information content (AvgIpc) is 2.65. The van der Waals surface area contributed by atoms with Gasteiger partial charge in [-0.1, -0.05) is 19.8 Å². The molecule has 5 nitrogen and oxygen atoms in total.